The van der Waals surface area contributed by atoms with E-state index in [0.29, 0.717) is 31.6 Å². The second-order valence-corrected chi connectivity index (χ2v) is 31.9. The third-order valence-corrected chi connectivity index (χ3v) is 20.0. The number of ether oxygens (including phenoxy) is 4. The molecule has 0 heterocycles. The van der Waals surface area contributed by atoms with E-state index in [4.69, 9.17) is 37.0 Å². The molecule has 0 spiro atoms. The predicted molar refractivity (Wildman–Crippen MR) is 400 cm³/mol. The Bertz CT molecular complexity index is 2000. The molecule has 0 fully saturated rings. The largest absolute Gasteiger partial charge is 0.472 e. The van der Waals surface area contributed by atoms with Crippen LogP contribution < -0.4 is 0 Å². The first-order chi connectivity index (χ1) is 47.3. The lowest BCUT2D eigenvalue weighted by Crippen LogP contribution is -2.30. The van der Waals surface area contributed by atoms with Crippen LogP contribution in [0, 0.1) is 17.8 Å². The van der Waals surface area contributed by atoms with Gasteiger partial charge in [0.15, 0.2) is 12.2 Å². The summed E-state index contributed by atoms with van der Waals surface area (Å²) in [6, 6.07) is 0. The molecule has 0 aromatic carbocycles. The fourth-order valence-electron chi connectivity index (χ4n) is 11.6. The van der Waals surface area contributed by atoms with Crippen molar-refractivity contribution in [3.63, 3.8) is 0 Å². The van der Waals surface area contributed by atoms with E-state index in [1.54, 1.807) is 0 Å². The van der Waals surface area contributed by atoms with Crippen LogP contribution in [0.15, 0.2) is 24.3 Å². The minimum Gasteiger partial charge on any atom is -0.462 e. The lowest BCUT2D eigenvalue weighted by atomic mass is 9.99. The third kappa shape index (κ3) is 70.6. The number of carbonyl (C=O) groups excluding carboxylic acids is 4. The third-order valence-electron chi connectivity index (χ3n) is 18.1. The summed E-state index contributed by atoms with van der Waals surface area (Å²) in [4.78, 5) is 72.8. The van der Waals surface area contributed by atoms with E-state index in [2.05, 4.69) is 72.8 Å². The first-order valence-corrected chi connectivity index (χ1v) is 43.2. The number of rotatable bonds is 75. The Balaban J connectivity index is 5.20. The molecule has 0 bridgehead atoms. The van der Waals surface area contributed by atoms with Crippen LogP contribution in [0.25, 0.3) is 0 Å². The van der Waals surface area contributed by atoms with Gasteiger partial charge in [0.25, 0.3) is 0 Å². The Morgan fingerprint density at radius 3 is 0.908 bits per heavy atom. The number of carbonyl (C=O) groups is 4. The smallest absolute Gasteiger partial charge is 0.462 e. The number of phosphoric acid groups is 2. The van der Waals surface area contributed by atoms with E-state index >= 15 is 0 Å². The molecule has 0 saturated heterocycles. The molecule has 3 unspecified atom stereocenters. The molecule has 0 aliphatic rings. The molecule has 0 rings (SSSR count). The number of unbranched alkanes of at least 4 members (excludes halogenated alkanes) is 39. The van der Waals surface area contributed by atoms with Gasteiger partial charge in [0.05, 0.1) is 26.4 Å². The maximum atomic E-state index is 13.1. The zero-order valence-electron chi connectivity index (χ0n) is 63.7. The highest BCUT2D eigenvalue weighted by Gasteiger charge is 2.30. The number of aliphatic hydroxyl groups excluding tert-OH is 1. The Morgan fingerprint density at radius 1 is 0.337 bits per heavy atom. The van der Waals surface area contributed by atoms with Crippen LogP contribution in [0.2, 0.25) is 0 Å². The number of aliphatic hydroxyl groups is 1. The standard InChI is InChI=1S/C79H150O17P2/c1-8-10-11-12-13-14-15-16-21-25-28-33-39-48-55-62-78(83)95-74(66-89-76(81)60-53-46-38-35-30-31-36-43-50-57-70(3)4)68-93-97(85,86)91-64-73(80)65-92-98(87,88)94-69-75(67-90-77(82)61-54-47-42-41-44-51-58-71(5)6)96-79(84)63-56-49-40-34-29-26-23-20-18-17-19-22-24-27-32-37-45-52-59-72(7)9-2/h14-16,21,70-75,80H,8-13,17-20,22-69H2,1-7H3,(H,85,86)(H,87,88)/b15-14-,21-16-/t72?,73-,74-,75-/m1/s1. The fourth-order valence-corrected chi connectivity index (χ4v) is 13.1. The molecule has 19 heteroatoms. The lowest BCUT2D eigenvalue weighted by Gasteiger charge is -2.21. The van der Waals surface area contributed by atoms with Gasteiger partial charge in [0.1, 0.15) is 19.3 Å². The summed E-state index contributed by atoms with van der Waals surface area (Å²) in [5.41, 5.74) is 0. The first-order valence-electron chi connectivity index (χ1n) is 40.2. The summed E-state index contributed by atoms with van der Waals surface area (Å²) < 4.78 is 68.5. The molecular weight excluding hydrogens is 1280 g/mol. The molecule has 0 saturated carbocycles. The van der Waals surface area contributed by atoms with Crippen molar-refractivity contribution in [1.82, 2.24) is 0 Å². The van der Waals surface area contributed by atoms with Gasteiger partial charge in [0.2, 0.25) is 0 Å². The molecule has 0 aromatic heterocycles. The second kappa shape index (κ2) is 68.9. The van der Waals surface area contributed by atoms with Crippen molar-refractivity contribution < 1.29 is 80.2 Å². The molecule has 0 radical (unpaired) electrons. The van der Waals surface area contributed by atoms with Crippen molar-refractivity contribution in [3.8, 4) is 0 Å². The SMILES string of the molecule is CCCCCC/C=C\C=C/CCCCCCCC(=O)O[C@H](COC(=O)CCCCCCCCCCCC(C)C)COP(=O)(O)OC[C@@H](O)COP(=O)(O)OC[C@@H](COC(=O)CCCCCCCCC(C)C)OC(=O)CCCCCCCCCCCCCCCCCCCCC(C)CC. The molecule has 578 valence electrons. The van der Waals surface area contributed by atoms with Crippen molar-refractivity contribution in [2.45, 2.75) is 401 Å². The molecule has 0 amide bonds. The molecule has 0 aromatic rings. The zero-order chi connectivity index (χ0) is 72.3. The van der Waals surface area contributed by atoms with Crippen LogP contribution in [-0.2, 0) is 65.4 Å². The summed E-state index contributed by atoms with van der Waals surface area (Å²) in [5.74, 6) is 0.140. The summed E-state index contributed by atoms with van der Waals surface area (Å²) in [7, 11) is -9.93. The molecular formula is C79H150O17P2. The topological polar surface area (TPSA) is 237 Å². The average Bonchev–Trinajstić information content (AvgIpc) is 0.967. The number of hydrogen-bond donors (Lipinski definition) is 3. The van der Waals surface area contributed by atoms with Gasteiger partial charge in [-0.2, -0.15) is 0 Å². The minimum absolute atomic E-state index is 0.0843. The minimum atomic E-state index is -4.97. The van der Waals surface area contributed by atoms with E-state index in [1.165, 1.54) is 173 Å². The molecule has 3 N–H and O–H groups in total. The normalized spacial score (nSPS) is 14.4. The van der Waals surface area contributed by atoms with Crippen molar-refractivity contribution >= 4 is 39.5 Å². The van der Waals surface area contributed by atoms with Crippen LogP contribution in [0.3, 0.4) is 0 Å². The van der Waals surface area contributed by atoms with Crippen LogP contribution in [0.4, 0.5) is 0 Å². The van der Waals surface area contributed by atoms with Crippen molar-refractivity contribution in [1.29, 1.82) is 0 Å². The van der Waals surface area contributed by atoms with Gasteiger partial charge < -0.3 is 33.8 Å². The van der Waals surface area contributed by atoms with Crippen LogP contribution in [0.1, 0.15) is 382 Å². The van der Waals surface area contributed by atoms with Gasteiger partial charge in [-0.1, -0.05) is 330 Å². The Hall–Kier alpha value is -2.46. The maximum absolute atomic E-state index is 13.1. The average molecular weight is 1430 g/mol. The number of phosphoric ester groups is 2. The molecule has 0 aliphatic heterocycles. The van der Waals surface area contributed by atoms with Gasteiger partial charge in [-0.25, -0.2) is 9.13 Å². The summed E-state index contributed by atoms with van der Waals surface area (Å²) in [6.45, 7) is 11.8. The summed E-state index contributed by atoms with van der Waals surface area (Å²) >= 11 is 0. The van der Waals surface area contributed by atoms with Gasteiger partial charge in [-0.15, -0.1) is 0 Å². The van der Waals surface area contributed by atoms with E-state index < -0.39 is 97.5 Å². The van der Waals surface area contributed by atoms with Gasteiger partial charge in [0, 0.05) is 25.7 Å². The summed E-state index contributed by atoms with van der Waals surface area (Å²) in [5, 5.41) is 10.6. The highest BCUT2D eigenvalue weighted by Crippen LogP contribution is 2.45. The van der Waals surface area contributed by atoms with Crippen molar-refractivity contribution in [2.24, 2.45) is 17.8 Å². The Labute approximate surface area is 599 Å². The quantitative estimate of drug-likeness (QED) is 0.0169. The second-order valence-electron chi connectivity index (χ2n) is 29.0. The first kappa shape index (κ1) is 95.5. The molecule has 0 aliphatic carbocycles. The fraction of sp³-hybridized carbons (Fsp3) is 0.899. The maximum Gasteiger partial charge on any atom is 0.472 e. The van der Waals surface area contributed by atoms with E-state index in [1.807, 2.05) is 0 Å². The number of esters is 4. The van der Waals surface area contributed by atoms with Crippen molar-refractivity contribution in [3.05, 3.63) is 24.3 Å². The zero-order valence-corrected chi connectivity index (χ0v) is 65.5. The predicted octanol–water partition coefficient (Wildman–Crippen LogP) is 22.9. The Kier molecular flexibility index (Phi) is 67.2. The van der Waals surface area contributed by atoms with E-state index in [-0.39, 0.29) is 25.7 Å². The summed E-state index contributed by atoms with van der Waals surface area (Å²) in [6.07, 6.45) is 59.3. The van der Waals surface area contributed by atoms with Crippen LogP contribution in [-0.4, -0.2) is 96.7 Å². The molecule has 98 heavy (non-hydrogen) atoms. The number of allylic oxidation sites excluding steroid dienone is 4. The van der Waals surface area contributed by atoms with Gasteiger partial charge >= 0.3 is 39.5 Å². The van der Waals surface area contributed by atoms with Gasteiger partial charge in [-0.3, -0.25) is 37.3 Å². The monoisotopic (exact) mass is 1430 g/mol. The van der Waals surface area contributed by atoms with Gasteiger partial charge in [-0.05, 0) is 69.1 Å². The highest BCUT2D eigenvalue weighted by molar-refractivity contribution is 7.47. The van der Waals surface area contributed by atoms with E-state index in [0.717, 1.165) is 121 Å². The van der Waals surface area contributed by atoms with Crippen LogP contribution in [0.5, 0.6) is 0 Å². The highest BCUT2D eigenvalue weighted by atomic mass is 31.2. The number of hydrogen-bond acceptors (Lipinski definition) is 15. The lowest BCUT2D eigenvalue weighted by molar-refractivity contribution is -0.161. The Morgan fingerprint density at radius 2 is 0.602 bits per heavy atom. The molecule has 17 nitrogen and oxygen atoms in total. The van der Waals surface area contributed by atoms with E-state index in [9.17, 15) is 43.2 Å². The van der Waals surface area contributed by atoms with Crippen LogP contribution >= 0.6 is 15.6 Å². The van der Waals surface area contributed by atoms with Crippen molar-refractivity contribution in [2.75, 3.05) is 39.6 Å². The molecule has 6 atom stereocenters.